The number of aryl methyl sites for hydroxylation is 2. The molecule has 0 radical (unpaired) electrons. The Morgan fingerprint density at radius 2 is 2.11 bits per heavy atom. The molecule has 0 aliphatic heterocycles. The predicted octanol–water partition coefficient (Wildman–Crippen LogP) is 3.33. The molecule has 0 bridgehead atoms. The Balaban J connectivity index is 1.65. The second-order valence-electron chi connectivity index (χ2n) is 6.82. The van der Waals surface area contributed by atoms with E-state index in [1.54, 1.807) is 30.4 Å². The summed E-state index contributed by atoms with van der Waals surface area (Å²) in [7, 11) is 0. The second-order valence-corrected chi connectivity index (χ2v) is 7.91. The summed E-state index contributed by atoms with van der Waals surface area (Å²) in [6.45, 7) is 4.03. The maximum absolute atomic E-state index is 13.1. The van der Waals surface area contributed by atoms with Gasteiger partial charge < -0.3 is 10.1 Å². The standard InChI is InChI=1S/C20H22N4O3S/c1-3-27-15-10-6-5-9-14(15)21-18(25)12(2)24-20(26)17-13-8-4-7-11-16(13)28-19(17)22-23-24/h5-6,9-10,12H,3-4,7-8,11H2,1-2H3,(H,21,25)/t12-/m1/s1. The molecule has 4 rings (SSSR count). The van der Waals surface area contributed by atoms with E-state index in [4.69, 9.17) is 4.74 Å². The summed E-state index contributed by atoms with van der Waals surface area (Å²) in [6.07, 6.45) is 4.09. The Bertz CT molecular complexity index is 1090. The summed E-state index contributed by atoms with van der Waals surface area (Å²) < 4.78 is 6.73. The molecule has 0 fully saturated rings. The van der Waals surface area contributed by atoms with Crippen LogP contribution >= 0.6 is 11.3 Å². The van der Waals surface area contributed by atoms with Crippen molar-refractivity contribution >= 4 is 33.1 Å². The smallest absolute Gasteiger partial charge is 0.279 e. The molecule has 3 aromatic rings. The van der Waals surface area contributed by atoms with Crippen LogP contribution in [0.1, 0.15) is 43.2 Å². The normalized spacial score (nSPS) is 14.5. The van der Waals surface area contributed by atoms with Crippen LogP contribution in [0.4, 0.5) is 5.69 Å². The molecule has 0 saturated carbocycles. The molecule has 8 heteroatoms. The molecule has 1 amide bonds. The molecule has 2 heterocycles. The van der Waals surface area contributed by atoms with E-state index < -0.39 is 6.04 Å². The Hall–Kier alpha value is -2.74. The molecule has 0 saturated heterocycles. The Kier molecular flexibility index (Phi) is 5.13. The van der Waals surface area contributed by atoms with Crippen LogP contribution in [0.25, 0.3) is 10.2 Å². The predicted molar refractivity (Wildman–Crippen MR) is 109 cm³/mol. The first-order valence-corrected chi connectivity index (χ1v) is 10.3. The molecular weight excluding hydrogens is 376 g/mol. The fourth-order valence-corrected chi connectivity index (χ4v) is 4.74. The molecule has 2 aromatic heterocycles. The Morgan fingerprint density at radius 1 is 1.32 bits per heavy atom. The summed E-state index contributed by atoms with van der Waals surface area (Å²) in [5.41, 5.74) is 1.41. The number of benzene rings is 1. The number of carbonyl (C=O) groups excluding carboxylic acids is 1. The third-order valence-corrected chi connectivity index (χ3v) is 6.17. The van der Waals surface area contributed by atoms with Crippen molar-refractivity contribution in [1.29, 1.82) is 0 Å². The monoisotopic (exact) mass is 398 g/mol. The number of para-hydroxylation sites is 2. The van der Waals surface area contributed by atoms with Crippen LogP contribution < -0.4 is 15.6 Å². The van der Waals surface area contributed by atoms with Crippen molar-refractivity contribution < 1.29 is 9.53 Å². The average molecular weight is 398 g/mol. The van der Waals surface area contributed by atoms with Crippen molar-refractivity contribution in [3.05, 3.63) is 45.1 Å². The second kappa shape index (κ2) is 7.71. The van der Waals surface area contributed by atoms with Gasteiger partial charge in [0.05, 0.1) is 17.7 Å². The molecule has 1 N–H and O–H groups in total. The maximum Gasteiger partial charge on any atom is 0.279 e. The number of aromatic nitrogens is 3. The van der Waals surface area contributed by atoms with Gasteiger partial charge in [-0.25, -0.2) is 0 Å². The summed E-state index contributed by atoms with van der Waals surface area (Å²) in [4.78, 5) is 27.8. The zero-order valence-corrected chi connectivity index (χ0v) is 16.7. The van der Waals surface area contributed by atoms with Gasteiger partial charge in [0.25, 0.3) is 5.56 Å². The van der Waals surface area contributed by atoms with Gasteiger partial charge in [-0.2, -0.15) is 4.68 Å². The highest BCUT2D eigenvalue weighted by Gasteiger charge is 2.24. The van der Waals surface area contributed by atoms with Crippen LogP contribution in [0, 0.1) is 0 Å². The van der Waals surface area contributed by atoms with Crippen LogP contribution in [-0.4, -0.2) is 27.5 Å². The minimum absolute atomic E-state index is 0.245. The minimum atomic E-state index is -0.793. The fraction of sp³-hybridized carbons (Fsp3) is 0.400. The van der Waals surface area contributed by atoms with Crippen LogP contribution in [-0.2, 0) is 17.6 Å². The van der Waals surface area contributed by atoms with Gasteiger partial charge in [-0.05, 0) is 57.2 Å². The fourth-order valence-electron chi connectivity index (χ4n) is 3.54. The molecule has 1 aliphatic rings. The van der Waals surface area contributed by atoms with Crippen molar-refractivity contribution in [3.8, 4) is 5.75 Å². The molecule has 28 heavy (non-hydrogen) atoms. The summed E-state index contributed by atoms with van der Waals surface area (Å²) in [5, 5.41) is 11.7. The molecule has 0 unspecified atom stereocenters. The van der Waals surface area contributed by atoms with Crippen LogP contribution in [0.15, 0.2) is 29.1 Å². The number of nitrogens with one attached hydrogen (secondary N) is 1. The van der Waals surface area contributed by atoms with Gasteiger partial charge in [0.2, 0.25) is 5.91 Å². The molecule has 7 nitrogen and oxygen atoms in total. The van der Waals surface area contributed by atoms with E-state index in [1.165, 1.54) is 9.56 Å². The van der Waals surface area contributed by atoms with E-state index in [1.807, 2.05) is 19.1 Å². The Morgan fingerprint density at radius 3 is 2.93 bits per heavy atom. The highest BCUT2D eigenvalue weighted by atomic mass is 32.1. The number of rotatable bonds is 5. The van der Waals surface area contributed by atoms with Gasteiger partial charge >= 0.3 is 0 Å². The van der Waals surface area contributed by atoms with Gasteiger partial charge in [0.1, 0.15) is 11.8 Å². The van der Waals surface area contributed by atoms with Gasteiger partial charge in [-0.3, -0.25) is 9.59 Å². The van der Waals surface area contributed by atoms with Gasteiger partial charge in [-0.1, -0.05) is 17.3 Å². The number of fused-ring (bicyclic) bond motifs is 3. The lowest BCUT2D eigenvalue weighted by Gasteiger charge is -2.16. The molecule has 1 aromatic carbocycles. The van der Waals surface area contributed by atoms with E-state index in [9.17, 15) is 9.59 Å². The van der Waals surface area contributed by atoms with Crippen LogP contribution in [0.2, 0.25) is 0 Å². The lowest BCUT2D eigenvalue weighted by atomic mass is 9.97. The molecule has 0 spiro atoms. The SMILES string of the molecule is CCOc1ccccc1NC(=O)[C@@H](C)n1nnc2sc3c(c2c1=O)CCCC3. The number of hydrogen-bond acceptors (Lipinski definition) is 6. The van der Waals surface area contributed by atoms with Gasteiger partial charge in [0.15, 0.2) is 4.83 Å². The topological polar surface area (TPSA) is 86.1 Å². The van der Waals surface area contributed by atoms with Crippen molar-refractivity contribution in [3.63, 3.8) is 0 Å². The first-order valence-electron chi connectivity index (χ1n) is 9.52. The van der Waals surface area contributed by atoms with Crippen molar-refractivity contribution in [2.75, 3.05) is 11.9 Å². The van der Waals surface area contributed by atoms with E-state index >= 15 is 0 Å². The summed E-state index contributed by atoms with van der Waals surface area (Å²) in [6, 6.07) is 6.42. The highest BCUT2D eigenvalue weighted by molar-refractivity contribution is 7.18. The third-order valence-electron chi connectivity index (χ3n) is 5.00. The average Bonchev–Trinajstić information content (AvgIpc) is 3.09. The first kappa shape index (κ1) is 18.6. The van der Waals surface area contributed by atoms with E-state index in [-0.39, 0.29) is 11.5 Å². The Labute approximate surface area is 166 Å². The van der Waals surface area contributed by atoms with E-state index in [0.717, 1.165) is 31.2 Å². The van der Waals surface area contributed by atoms with E-state index in [2.05, 4.69) is 15.6 Å². The van der Waals surface area contributed by atoms with Crippen molar-refractivity contribution in [1.82, 2.24) is 15.0 Å². The number of ether oxygens (including phenoxy) is 1. The number of thiophene rings is 1. The lowest BCUT2D eigenvalue weighted by Crippen LogP contribution is -2.34. The van der Waals surface area contributed by atoms with Crippen molar-refractivity contribution in [2.24, 2.45) is 0 Å². The number of nitrogens with zero attached hydrogens (tertiary/aromatic N) is 3. The van der Waals surface area contributed by atoms with Gasteiger partial charge in [-0.15, -0.1) is 16.4 Å². The minimum Gasteiger partial charge on any atom is -0.492 e. The zero-order valence-electron chi connectivity index (χ0n) is 15.9. The summed E-state index contributed by atoms with van der Waals surface area (Å²) >= 11 is 1.55. The third kappa shape index (κ3) is 3.28. The van der Waals surface area contributed by atoms with Gasteiger partial charge in [0, 0.05) is 4.88 Å². The molecule has 1 atom stereocenters. The van der Waals surface area contributed by atoms with Crippen LogP contribution in [0.3, 0.4) is 0 Å². The zero-order chi connectivity index (χ0) is 19.7. The summed E-state index contributed by atoms with van der Waals surface area (Å²) in [5.74, 6) is 0.248. The van der Waals surface area contributed by atoms with Crippen LogP contribution in [0.5, 0.6) is 5.75 Å². The quantitative estimate of drug-likeness (QED) is 0.712. The number of carbonyl (C=O) groups is 1. The van der Waals surface area contributed by atoms with E-state index in [0.29, 0.717) is 28.3 Å². The number of hydrogen-bond donors (Lipinski definition) is 1. The number of anilines is 1. The first-order chi connectivity index (χ1) is 13.6. The van der Waals surface area contributed by atoms with Crippen molar-refractivity contribution in [2.45, 2.75) is 45.6 Å². The molecule has 146 valence electrons. The number of amides is 1. The molecular formula is C20H22N4O3S. The maximum atomic E-state index is 13.1. The lowest BCUT2D eigenvalue weighted by molar-refractivity contribution is -0.119. The molecule has 1 aliphatic carbocycles. The largest absolute Gasteiger partial charge is 0.492 e. The highest BCUT2D eigenvalue weighted by Crippen LogP contribution is 2.33.